The molecule has 296 valence electrons. The van der Waals surface area contributed by atoms with Crippen LogP contribution in [0.25, 0.3) is 66.4 Å². The second-order valence-corrected chi connectivity index (χ2v) is 17.0. The van der Waals surface area contributed by atoms with E-state index in [0.29, 0.717) is 0 Å². The molecule has 0 N–H and O–H groups in total. The molecule has 1 aliphatic carbocycles. The Morgan fingerprint density at radius 3 is 1.97 bits per heavy atom. The maximum atomic E-state index is 2.59. The van der Waals surface area contributed by atoms with Crippen molar-refractivity contribution in [2.24, 2.45) is 7.05 Å². The Balaban J connectivity index is 1.25. The molecule has 2 aromatic heterocycles. The van der Waals surface area contributed by atoms with Gasteiger partial charge in [0, 0.05) is 51.1 Å². The molecule has 0 saturated carbocycles. The monoisotopic (exact) mass is 779 g/mol. The average Bonchev–Trinajstić information content (AvgIpc) is 3.86. The fraction of sp³-hybridized carbons (Fsp3) is 0.193. The summed E-state index contributed by atoms with van der Waals surface area (Å²) in [5.74, 6) is 0. The van der Waals surface area contributed by atoms with Gasteiger partial charge in [-0.1, -0.05) is 129 Å². The lowest BCUT2D eigenvalue weighted by molar-refractivity contribution is 0.436. The molecule has 10 rings (SSSR count). The van der Waals surface area contributed by atoms with E-state index in [0.717, 1.165) is 31.4 Å². The molecule has 0 bridgehead atoms. The van der Waals surface area contributed by atoms with Gasteiger partial charge in [0.05, 0.1) is 27.9 Å². The van der Waals surface area contributed by atoms with Crippen LogP contribution in [-0.2, 0) is 12.5 Å². The first-order chi connectivity index (χ1) is 29.4. The van der Waals surface area contributed by atoms with Gasteiger partial charge < -0.3 is 14.0 Å². The smallest absolute Gasteiger partial charge is 0.0727 e. The Morgan fingerprint density at radius 2 is 1.28 bits per heavy atom. The van der Waals surface area contributed by atoms with Gasteiger partial charge in [-0.05, 0) is 134 Å². The average molecular weight is 780 g/mol. The van der Waals surface area contributed by atoms with E-state index in [2.05, 4.69) is 220 Å². The molecule has 9 aromatic rings. The summed E-state index contributed by atoms with van der Waals surface area (Å²) in [5, 5.41) is 6.42. The summed E-state index contributed by atoms with van der Waals surface area (Å²) in [6.45, 7) is 11.2. The number of anilines is 3. The number of hydrogen-bond donors (Lipinski definition) is 0. The second kappa shape index (κ2) is 14.9. The van der Waals surface area contributed by atoms with Crippen molar-refractivity contribution in [3.05, 3.63) is 186 Å². The summed E-state index contributed by atoms with van der Waals surface area (Å²) < 4.78 is 4.86. The van der Waals surface area contributed by atoms with Crippen LogP contribution in [0, 0.1) is 13.8 Å². The number of nitrogens with zero attached hydrogens (tertiary/aromatic N) is 3. The highest BCUT2D eigenvalue weighted by Crippen LogP contribution is 2.59. The van der Waals surface area contributed by atoms with Crippen LogP contribution < -0.4 is 4.90 Å². The zero-order valence-electron chi connectivity index (χ0n) is 35.8. The molecule has 0 fully saturated rings. The van der Waals surface area contributed by atoms with Gasteiger partial charge in [-0.2, -0.15) is 0 Å². The number of aryl methyl sites for hydroxylation is 3. The lowest BCUT2D eigenvalue weighted by Gasteiger charge is -2.34. The van der Waals surface area contributed by atoms with Crippen LogP contribution >= 0.6 is 0 Å². The summed E-state index contributed by atoms with van der Waals surface area (Å²) in [4.78, 5) is 2.53. The molecule has 3 heteroatoms. The van der Waals surface area contributed by atoms with Crippen molar-refractivity contribution in [3.8, 4) is 16.8 Å². The summed E-state index contributed by atoms with van der Waals surface area (Å²) in [5.41, 5.74) is 17.8. The van der Waals surface area contributed by atoms with Gasteiger partial charge in [0.2, 0.25) is 0 Å². The van der Waals surface area contributed by atoms with Crippen LogP contribution in [0.3, 0.4) is 0 Å². The molecule has 0 aliphatic heterocycles. The van der Waals surface area contributed by atoms with Crippen LogP contribution in [0.4, 0.5) is 17.1 Å². The molecule has 3 nitrogen and oxygen atoms in total. The first-order valence-electron chi connectivity index (χ1n) is 21.8. The Labute approximate surface area is 354 Å². The van der Waals surface area contributed by atoms with Crippen molar-refractivity contribution in [3.63, 3.8) is 0 Å². The lowest BCUT2D eigenvalue weighted by Crippen LogP contribution is -2.25. The van der Waals surface area contributed by atoms with Gasteiger partial charge >= 0.3 is 0 Å². The number of benzene rings is 7. The topological polar surface area (TPSA) is 13.1 Å². The third-order valence-corrected chi connectivity index (χ3v) is 13.2. The second-order valence-electron chi connectivity index (χ2n) is 17.0. The molecule has 7 aromatic carbocycles. The van der Waals surface area contributed by atoms with Crippen LogP contribution in [0.1, 0.15) is 74.4 Å². The van der Waals surface area contributed by atoms with E-state index in [1.807, 2.05) is 0 Å². The third-order valence-electron chi connectivity index (χ3n) is 13.2. The maximum Gasteiger partial charge on any atom is 0.0727 e. The number of para-hydroxylation sites is 2. The molecule has 60 heavy (non-hydrogen) atoms. The van der Waals surface area contributed by atoms with Crippen LogP contribution in [0.15, 0.2) is 158 Å². The van der Waals surface area contributed by atoms with Gasteiger partial charge in [0.15, 0.2) is 0 Å². The minimum absolute atomic E-state index is 0.154. The molecular weight excluding hydrogens is 727 g/mol. The molecule has 0 unspecified atom stereocenters. The first kappa shape index (κ1) is 37.7. The number of hydrogen-bond acceptors (Lipinski definition) is 1. The molecule has 0 spiro atoms. The molecule has 0 amide bonds. The van der Waals surface area contributed by atoms with Gasteiger partial charge in [-0.15, -0.1) is 0 Å². The van der Waals surface area contributed by atoms with Crippen molar-refractivity contribution < 1.29 is 0 Å². The van der Waals surface area contributed by atoms with Crippen molar-refractivity contribution >= 4 is 66.6 Å². The van der Waals surface area contributed by atoms with Crippen molar-refractivity contribution in [1.82, 2.24) is 9.13 Å². The van der Waals surface area contributed by atoms with Gasteiger partial charge in [-0.3, -0.25) is 0 Å². The van der Waals surface area contributed by atoms with Gasteiger partial charge in [-0.25, -0.2) is 0 Å². The van der Waals surface area contributed by atoms with E-state index in [9.17, 15) is 0 Å². The summed E-state index contributed by atoms with van der Waals surface area (Å²) in [6, 6.07) is 53.1. The zero-order chi connectivity index (χ0) is 41.1. The SMILES string of the molecule is C/C=C\C=C/c1cc2cccc(N(c3ccccc3)c3cc4c(c5ccccc35)-c3ccc(-n5c6ccc(C)cc6c6cc(C)ccc65)cc3C4(CCC)CCC)c2n1C. The number of aromatic nitrogens is 2. The van der Waals surface area contributed by atoms with Crippen LogP contribution in [-0.4, -0.2) is 9.13 Å². The Morgan fingerprint density at radius 1 is 0.600 bits per heavy atom. The van der Waals surface area contributed by atoms with E-state index in [1.54, 1.807) is 0 Å². The quantitative estimate of drug-likeness (QED) is 0.126. The van der Waals surface area contributed by atoms with E-state index >= 15 is 0 Å². The van der Waals surface area contributed by atoms with Crippen LogP contribution in [0.2, 0.25) is 0 Å². The summed E-state index contributed by atoms with van der Waals surface area (Å²) >= 11 is 0. The first-order valence-corrected chi connectivity index (χ1v) is 21.8. The Kier molecular flexibility index (Phi) is 9.36. The van der Waals surface area contributed by atoms with E-state index in [4.69, 9.17) is 0 Å². The third kappa shape index (κ3) is 5.78. The van der Waals surface area contributed by atoms with E-state index in [-0.39, 0.29) is 5.41 Å². The summed E-state index contributed by atoms with van der Waals surface area (Å²) in [7, 11) is 2.20. The molecular formula is C57H53N3. The number of rotatable bonds is 10. The summed E-state index contributed by atoms with van der Waals surface area (Å²) in [6.07, 6.45) is 12.8. The van der Waals surface area contributed by atoms with E-state index < -0.39 is 0 Å². The zero-order valence-corrected chi connectivity index (χ0v) is 35.8. The molecule has 0 radical (unpaired) electrons. The van der Waals surface area contributed by atoms with Crippen LogP contribution in [0.5, 0.6) is 0 Å². The molecule has 0 atom stereocenters. The van der Waals surface area contributed by atoms with Crippen molar-refractivity contribution in [2.45, 2.75) is 65.7 Å². The fourth-order valence-electron chi connectivity index (χ4n) is 10.7. The molecule has 0 saturated heterocycles. The van der Waals surface area contributed by atoms with Crippen molar-refractivity contribution in [2.75, 3.05) is 4.90 Å². The van der Waals surface area contributed by atoms with Gasteiger partial charge in [0.25, 0.3) is 0 Å². The Hall–Kier alpha value is -6.58. The molecule has 1 aliphatic rings. The highest BCUT2D eigenvalue weighted by molar-refractivity contribution is 6.13. The number of allylic oxidation sites excluding steroid dienone is 3. The normalized spacial score (nSPS) is 13.4. The van der Waals surface area contributed by atoms with Crippen molar-refractivity contribution in [1.29, 1.82) is 0 Å². The molecule has 2 heterocycles. The predicted octanol–water partition coefficient (Wildman–Crippen LogP) is 16.0. The minimum atomic E-state index is -0.154. The Bertz CT molecular complexity index is 3100. The fourth-order valence-corrected chi connectivity index (χ4v) is 10.7. The minimum Gasteiger partial charge on any atom is -0.342 e. The van der Waals surface area contributed by atoms with E-state index in [1.165, 1.54) is 99.6 Å². The lowest BCUT2D eigenvalue weighted by atomic mass is 9.71. The predicted molar refractivity (Wildman–Crippen MR) is 259 cm³/mol. The number of fused-ring (bicyclic) bond motifs is 9. The van der Waals surface area contributed by atoms with Gasteiger partial charge in [0.1, 0.15) is 0 Å². The largest absolute Gasteiger partial charge is 0.342 e. The highest BCUT2D eigenvalue weighted by Gasteiger charge is 2.44. The maximum absolute atomic E-state index is 2.59. The highest BCUT2D eigenvalue weighted by atomic mass is 15.2. The standard InChI is InChI=1S/C57H53N3/c1-7-10-12-21-42-35-40-18-17-24-53(56(40)58(42)6)59(41-19-13-11-14-20-41)54-37-50-55(45-23-16-15-22-44(45)54)46-28-27-43(36-49(46)57(50,31-8-2)32-9-3)60-51-29-25-38(4)33-47(51)48-34-39(5)26-30-52(48)60/h7,10-30,33-37H,8-9,31-32H2,1-6H3/b10-7-,21-12-.